The van der Waals surface area contributed by atoms with Gasteiger partial charge in [0.2, 0.25) is 0 Å². The largest absolute Gasteiger partial charge is 0.456 e. The highest BCUT2D eigenvalue weighted by atomic mass is 16.3. The third-order valence-corrected chi connectivity index (χ3v) is 11.4. The van der Waals surface area contributed by atoms with Crippen molar-refractivity contribution >= 4 is 65.0 Å². The van der Waals surface area contributed by atoms with Crippen molar-refractivity contribution in [1.29, 1.82) is 0 Å². The van der Waals surface area contributed by atoms with Crippen LogP contribution in [0.2, 0.25) is 0 Å². The first-order valence-electron chi connectivity index (χ1n) is 17.5. The monoisotopic (exact) mass is 636 g/mol. The second-order valence-electron chi connectivity index (χ2n) is 14.4. The lowest BCUT2D eigenvalue weighted by Gasteiger charge is -2.23. The molecule has 1 aliphatic rings. The third-order valence-electron chi connectivity index (χ3n) is 11.4. The molecule has 0 N–H and O–H groups in total. The average molecular weight is 637 g/mol. The van der Waals surface area contributed by atoms with E-state index in [0.29, 0.717) is 0 Å². The van der Waals surface area contributed by atoms with Crippen LogP contribution in [-0.4, -0.2) is 0 Å². The van der Waals surface area contributed by atoms with E-state index in [1.54, 1.807) is 0 Å². The summed E-state index contributed by atoms with van der Waals surface area (Å²) in [5.41, 5.74) is 12.3. The SMILES string of the molecule is CC1(C)c2cc(-c3c4ccccc4c(-c4ccc5oc6cc7ccccc7cc6c5c4)c4ccccc34)ccc2-c2c1ccc1ccccc21. The molecule has 10 aromatic rings. The van der Waals surface area contributed by atoms with Crippen LogP contribution in [0.25, 0.3) is 98.4 Å². The molecular formula is C49H32O. The van der Waals surface area contributed by atoms with Crippen LogP contribution in [0, 0.1) is 0 Å². The zero-order valence-electron chi connectivity index (χ0n) is 27.9. The van der Waals surface area contributed by atoms with Gasteiger partial charge in [0.25, 0.3) is 0 Å². The molecule has 0 aliphatic heterocycles. The van der Waals surface area contributed by atoms with Gasteiger partial charge in [0.05, 0.1) is 0 Å². The molecule has 1 aliphatic carbocycles. The minimum absolute atomic E-state index is 0.107. The first-order chi connectivity index (χ1) is 24.5. The lowest BCUT2D eigenvalue weighted by Crippen LogP contribution is -2.15. The molecule has 0 radical (unpaired) electrons. The summed E-state index contributed by atoms with van der Waals surface area (Å²) in [6, 6.07) is 58.2. The number of furan rings is 1. The summed E-state index contributed by atoms with van der Waals surface area (Å²) >= 11 is 0. The van der Waals surface area contributed by atoms with Crippen LogP contribution < -0.4 is 0 Å². The van der Waals surface area contributed by atoms with Crippen molar-refractivity contribution in [1.82, 2.24) is 0 Å². The summed E-state index contributed by atoms with van der Waals surface area (Å²) in [6.45, 7) is 4.77. The molecule has 1 nitrogen and oxygen atoms in total. The van der Waals surface area contributed by atoms with Gasteiger partial charge >= 0.3 is 0 Å². The second-order valence-corrected chi connectivity index (χ2v) is 14.4. The highest BCUT2D eigenvalue weighted by molar-refractivity contribution is 6.22. The predicted octanol–water partition coefficient (Wildman–Crippen LogP) is 13.8. The molecule has 1 aromatic heterocycles. The first kappa shape index (κ1) is 27.7. The fraction of sp³-hybridized carbons (Fsp3) is 0.0612. The van der Waals surface area contributed by atoms with Crippen LogP contribution in [0.1, 0.15) is 25.0 Å². The molecule has 0 unspecified atom stereocenters. The maximum absolute atomic E-state index is 6.40. The molecular weight excluding hydrogens is 605 g/mol. The van der Waals surface area contributed by atoms with E-state index in [2.05, 4.69) is 172 Å². The van der Waals surface area contributed by atoms with E-state index in [-0.39, 0.29) is 5.41 Å². The Morgan fingerprint density at radius 3 is 1.58 bits per heavy atom. The van der Waals surface area contributed by atoms with Gasteiger partial charge in [-0.1, -0.05) is 141 Å². The van der Waals surface area contributed by atoms with Gasteiger partial charge in [0.1, 0.15) is 11.2 Å². The summed E-state index contributed by atoms with van der Waals surface area (Å²) in [5, 5.41) is 12.4. The Labute approximate surface area is 290 Å². The summed E-state index contributed by atoms with van der Waals surface area (Å²) in [5.74, 6) is 0. The second kappa shape index (κ2) is 9.94. The van der Waals surface area contributed by atoms with E-state index in [1.807, 2.05) is 0 Å². The van der Waals surface area contributed by atoms with E-state index in [4.69, 9.17) is 4.42 Å². The maximum atomic E-state index is 6.40. The van der Waals surface area contributed by atoms with Crippen LogP contribution in [-0.2, 0) is 5.41 Å². The molecule has 0 amide bonds. The Morgan fingerprint density at radius 2 is 0.900 bits per heavy atom. The summed E-state index contributed by atoms with van der Waals surface area (Å²) in [4.78, 5) is 0. The molecule has 50 heavy (non-hydrogen) atoms. The topological polar surface area (TPSA) is 13.1 Å². The molecule has 0 spiro atoms. The smallest absolute Gasteiger partial charge is 0.136 e. The fourth-order valence-corrected chi connectivity index (χ4v) is 9.03. The summed E-state index contributed by atoms with van der Waals surface area (Å²) in [7, 11) is 0. The van der Waals surface area contributed by atoms with Gasteiger partial charge < -0.3 is 4.42 Å². The number of hydrogen-bond donors (Lipinski definition) is 0. The van der Waals surface area contributed by atoms with Crippen molar-refractivity contribution in [2.75, 3.05) is 0 Å². The molecule has 9 aromatic carbocycles. The summed E-state index contributed by atoms with van der Waals surface area (Å²) < 4.78 is 6.40. The third kappa shape index (κ3) is 3.72. The molecule has 11 rings (SSSR count). The predicted molar refractivity (Wildman–Crippen MR) is 212 cm³/mol. The van der Waals surface area contributed by atoms with Gasteiger partial charge in [0.15, 0.2) is 0 Å². The van der Waals surface area contributed by atoms with Gasteiger partial charge in [-0.25, -0.2) is 0 Å². The quantitative estimate of drug-likeness (QED) is 0.172. The van der Waals surface area contributed by atoms with Crippen LogP contribution >= 0.6 is 0 Å². The lowest BCUT2D eigenvalue weighted by atomic mass is 9.80. The molecule has 0 saturated heterocycles. The molecule has 1 heteroatoms. The van der Waals surface area contributed by atoms with Gasteiger partial charge in [0, 0.05) is 16.2 Å². The Hall–Kier alpha value is -6.18. The molecule has 0 saturated carbocycles. The number of fused-ring (bicyclic) bond motifs is 11. The van der Waals surface area contributed by atoms with Gasteiger partial charge in [-0.05, 0) is 118 Å². The van der Waals surface area contributed by atoms with E-state index < -0.39 is 0 Å². The van der Waals surface area contributed by atoms with Crippen molar-refractivity contribution in [2.45, 2.75) is 19.3 Å². The minimum Gasteiger partial charge on any atom is -0.456 e. The van der Waals surface area contributed by atoms with E-state index in [9.17, 15) is 0 Å². The van der Waals surface area contributed by atoms with Crippen molar-refractivity contribution < 1.29 is 4.42 Å². The van der Waals surface area contributed by atoms with E-state index in [1.165, 1.54) is 87.6 Å². The number of hydrogen-bond acceptors (Lipinski definition) is 1. The normalized spacial score (nSPS) is 13.6. The molecule has 1 heterocycles. The highest BCUT2D eigenvalue weighted by Crippen LogP contribution is 2.53. The Kier molecular flexibility index (Phi) is 5.51. The molecule has 0 bridgehead atoms. The van der Waals surface area contributed by atoms with E-state index in [0.717, 1.165) is 21.9 Å². The first-order valence-corrected chi connectivity index (χ1v) is 17.5. The average Bonchev–Trinajstić information content (AvgIpc) is 3.62. The van der Waals surface area contributed by atoms with Crippen LogP contribution in [0.15, 0.2) is 162 Å². The zero-order valence-corrected chi connectivity index (χ0v) is 27.9. The molecule has 0 fully saturated rings. The lowest BCUT2D eigenvalue weighted by molar-refractivity contribution is 0.661. The summed E-state index contributed by atoms with van der Waals surface area (Å²) in [6.07, 6.45) is 0. The van der Waals surface area contributed by atoms with Crippen LogP contribution in [0.3, 0.4) is 0 Å². The van der Waals surface area contributed by atoms with Gasteiger partial charge in [-0.15, -0.1) is 0 Å². The standard InChI is InChI=1S/C49H32O/c1-49(2)42-23-20-29-11-5-6-14-34(29)48(42)39-22-19-33(27-43(39)49)47-37-17-9-7-15-35(37)46(36-16-8-10-18-38(36)47)32-21-24-44-40(26-32)41-25-30-12-3-4-13-31(30)28-45(41)50-44/h3-28H,1-2H3. The van der Waals surface area contributed by atoms with Gasteiger partial charge in [-0.3, -0.25) is 0 Å². The van der Waals surface area contributed by atoms with Crippen molar-refractivity contribution in [3.05, 3.63) is 169 Å². The van der Waals surface area contributed by atoms with Crippen molar-refractivity contribution in [3.8, 4) is 33.4 Å². The van der Waals surface area contributed by atoms with Crippen LogP contribution in [0.5, 0.6) is 0 Å². The zero-order chi connectivity index (χ0) is 33.1. The number of benzene rings is 9. The Balaban J connectivity index is 1.16. The Morgan fingerprint density at radius 1 is 0.360 bits per heavy atom. The highest BCUT2D eigenvalue weighted by Gasteiger charge is 2.36. The van der Waals surface area contributed by atoms with Gasteiger partial charge in [-0.2, -0.15) is 0 Å². The van der Waals surface area contributed by atoms with Crippen molar-refractivity contribution in [2.24, 2.45) is 0 Å². The minimum atomic E-state index is -0.107. The molecule has 234 valence electrons. The van der Waals surface area contributed by atoms with Crippen molar-refractivity contribution in [3.63, 3.8) is 0 Å². The fourth-order valence-electron chi connectivity index (χ4n) is 9.03. The Bertz CT molecular complexity index is 3010. The maximum Gasteiger partial charge on any atom is 0.136 e. The van der Waals surface area contributed by atoms with Crippen LogP contribution in [0.4, 0.5) is 0 Å². The molecule has 0 atom stereocenters. The number of rotatable bonds is 2. The van der Waals surface area contributed by atoms with E-state index >= 15 is 0 Å².